The predicted molar refractivity (Wildman–Crippen MR) is 88.4 cm³/mol. The van der Waals surface area contributed by atoms with Crippen LogP contribution in [0.5, 0.6) is 0 Å². The van der Waals surface area contributed by atoms with E-state index in [0.29, 0.717) is 4.91 Å². The summed E-state index contributed by atoms with van der Waals surface area (Å²) in [6.07, 6.45) is 1.66. The summed E-state index contributed by atoms with van der Waals surface area (Å²) in [5, 5.41) is -0.463. The third kappa shape index (κ3) is 3.29. The van der Waals surface area contributed by atoms with E-state index in [0.717, 1.165) is 25.8 Å². The molecule has 110 valence electrons. The molecule has 0 bridgehead atoms. The molecule has 1 fully saturated rings. The number of imide groups is 1. The summed E-state index contributed by atoms with van der Waals surface area (Å²) in [5.41, 5.74) is 0.856. The maximum absolute atomic E-state index is 12.3. The molecule has 21 heavy (non-hydrogen) atoms. The Kier molecular flexibility index (Phi) is 5.04. The highest BCUT2D eigenvalue weighted by Gasteiger charge is 2.41. The summed E-state index contributed by atoms with van der Waals surface area (Å²) in [6, 6.07) is 6.59. The minimum Gasteiger partial charge on any atom is -0.467 e. The second-order valence-corrected chi connectivity index (χ2v) is 6.43. The first-order chi connectivity index (χ1) is 9.95. The molecule has 1 aliphatic heterocycles. The number of methoxy groups -OCH3 is 1. The van der Waals surface area contributed by atoms with Crippen LogP contribution in [0.3, 0.4) is 0 Å². The Morgan fingerprint density at radius 3 is 2.67 bits per heavy atom. The van der Waals surface area contributed by atoms with Crippen LogP contribution in [0.25, 0.3) is 6.08 Å². The average Bonchev–Trinajstić information content (AvgIpc) is 2.74. The first-order valence-corrected chi connectivity index (χ1v) is 7.94. The van der Waals surface area contributed by atoms with Crippen LogP contribution in [-0.2, 0) is 14.3 Å². The third-order valence-electron chi connectivity index (χ3n) is 2.94. The van der Waals surface area contributed by atoms with Gasteiger partial charge in [0.15, 0.2) is 0 Å². The molecule has 5 nitrogen and oxygen atoms in total. The van der Waals surface area contributed by atoms with Crippen LogP contribution in [0.4, 0.5) is 4.79 Å². The monoisotopic (exact) mass is 417 g/mol. The molecule has 1 heterocycles. The number of carbonyl (C=O) groups excluding carboxylic acids is 3. The van der Waals surface area contributed by atoms with Gasteiger partial charge < -0.3 is 4.74 Å². The molecule has 0 aromatic heterocycles. The highest BCUT2D eigenvalue weighted by Crippen LogP contribution is 2.34. The molecule has 0 saturated carbocycles. The van der Waals surface area contributed by atoms with E-state index in [9.17, 15) is 14.4 Å². The highest BCUT2D eigenvalue weighted by atomic mass is 127. The minimum absolute atomic E-state index is 0.305. The molecule has 2 rings (SSSR count). The van der Waals surface area contributed by atoms with E-state index in [1.54, 1.807) is 6.08 Å². The van der Waals surface area contributed by atoms with E-state index in [4.69, 9.17) is 0 Å². The largest absolute Gasteiger partial charge is 0.467 e. The Labute approximate surface area is 139 Å². The van der Waals surface area contributed by atoms with E-state index in [2.05, 4.69) is 27.3 Å². The van der Waals surface area contributed by atoms with E-state index in [1.165, 1.54) is 14.0 Å². The SMILES string of the molecule is COC(=O)C(C)N1C(=O)SC(=Cc2ccccc2I)C1=O. The van der Waals surface area contributed by atoms with Gasteiger partial charge in [-0.05, 0) is 59.0 Å². The second kappa shape index (κ2) is 6.61. The van der Waals surface area contributed by atoms with Crippen molar-refractivity contribution in [1.82, 2.24) is 4.90 Å². The Bertz CT molecular complexity index is 644. The maximum Gasteiger partial charge on any atom is 0.328 e. The molecular formula is C14H12INO4S. The number of rotatable bonds is 3. The zero-order valence-electron chi connectivity index (χ0n) is 11.3. The first kappa shape index (κ1) is 16.0. The van der Waals surface area contributed by atoms with Crippen LogP contribution >= 0.6 is 34.4 Å². The van der Waals surface area contributed by atoms with Gasteiger partial charge in [0, 0.05) is 3.57 Å². The number of carbonyl (C=O) groups is 3. The van der Waals surface area contributed by atoms with Gasteiger partial charge in [-0.25, -0.2) is 4.79 Å². The normalized spacial score (nSPS) is 18.2. The van der Waals surface area contributed by atoms with Gasteiger partial charge in [-0.15, -0.1) is 0 Å². The summed E-state index contributed by atoms with van der Waals surface area (Å²) >= 11 is 2.99. The van der Waals surface area contributed by atoms with E-state index >= 15 is 0 Å². The zero-order valence-corrected chi connectivity index (χ0v) is 14.3. The van der Waals surface area contributed by atoms with Gasteiger partial charge in [-0.1, -0.05) is 18.2 Å². The molecule has 1 unspecified atom stereocenters. The topological polar surface area (TPSA) is 63.7 Å². The smallest absolute Gasteiger partial charge is 0.328 e. The number of benzene rings is 1. The fraction of sp³-hybridized carbons (Fsp3) is 0.214. The Balaban J connectivity index is 2.30. The molecule has 0 aliphatic carbocycles. The van der Waals surface area contributed by atoms with Crippen molar-refractivity contribution < 1.29 is 19.1 Å². The number of halogens is 1. The minimum atomic E-state index is -0.928. The number of hydrogen-bond donors (Lipinski definition) is 0. The summed E-state index contributed by atoms with van der Waals surface area (Å²) < 4.78 is 5.55. The van der Waals surface area contributed by atoms with Crippen LogP contribution in [0, 0.1) is 3.57 Å². The van der Waals surface area contributed by atoms with Gasteiger partial charge in [0.2, 0.25) is 0 Å². The van der Waals surface area contributed by atoms with Crippen molar-refractivity contribution in [1.29, 1.82) is 0 Å². The van der Waals surface area contributed by atoms with E-state index in [1.807, 2.05) is 24.3 Å². The van der Waals surface area contributed by atoms with Crippen LogP contribution < -0.4 is 0 Å². The Morgan fingerprint density at radius 2 is 2.05 bits per heavy atom. The predicted octanol–water partition coefficient (Wildman–Crippen LogP) is 2.89. The van der Waals surface area contributed by atoms with Crippen LogP contribution in [0.1, 0.15) is 12.5 Å². The highest BCUT2D eigenvalue weighted by molar-refractivity contribution is 14.1. The van der Waals surface area contributed by atoms with Crippen molar-refractivity contribution in [3.8, 4) is 0 Å². The Hall–Kier alpha value is -1.35. The summed E-state index contributed by atoms with van der Waals surface area (Å²) in [6.45, 7) is 1.47. The van der Waals surface area contributed by atoms with Gasteiger partial charge in [-0.2, -0.15) is 0 Å². The summed E-state index contributed by atoms with van der Waals surface area (Å²) in [5.74, 6) is -1.09. The number of ether oxygens (including phenoxy) is 1. The molecule has 1 aromatic carbocycles. The molecular weight excluding hydrogens is 405 g/mol. The van der Waals surface area contributed by atoms with Gasteiger partial charge in [0.25, 0.3) is 11.1 Å². The average molecular weight is 417 g/mol. The van der Waals surface area contributed by atoms with E-state index in [-0.39, 0.29) is 0 Å². The van der Waals surface area contributed by atoms with Crippen LogP contribution in [-0.4, -0.2) is 35.2 Å². The second-order valence-electron chi connectivity index (χ2n) is 4.27. The van der Waals surface area contributed by atoms with Crippen LogP contribution in [0.15, 0.2) is 29.2 Å². The molecule has 1 aliphatic rings. The summed E-state index contributed by atoms with van der Waals surface area (Å²) in [7, 11) is 1.22. The van der Waals surface area contributed by atoms with Gasteiger partial charge in [-0.3, -0.25) is 14.5 Å². The van der Waals surface area contributed by atoms with Gasteiger partial charge in [0.05, 0.1) is 12.0 Å². The number of hydrogen-bond acceptors (Lipinski definition) is 5. The number of amides is 2. The summed E-state index contributed by atoms with van der Waals surface area (Å²) in [4.78, 5) is 37.0. The lowest BCUT2D eigenvalue weighted by molar-refractivity contribution is -0.148. The number of thioether (sulfide) groups is 1. The molecule has 0 N–H and O–H groups in total. The zero-order chi connectivity index (χ0) is 15.6. The fourth-order valence-corrected chi connectivity index (χ4v) is 3.27. The maximum atomic E-state index is 12.3. The first-order valence-electron chi connectivity index (χ1n) is 6.05. The van der Waals surface area contributed by atoms with Crippen molar-refractivity contribution >= 4 is 57.5 Å². The molecule has 2 amide bonds. The standard InChI is InChI=1S/C14H12INO4S/c1-8(13(18)20-2)16-12(17)11(21-14(16)19)7-9-5-3-4-6-10(9)15/h3-8H,1-2H3. The lowest BCUT2D eigenvalue weighted by Gasteiger charge is -2.18. The molecule has 1 aromatic rings. The number of nitrogens with zero attached hydrogens (tertiary/aromatic N) is 1. The quantitative estimate of drug-likeness (QED) is 0.430. The molecule has 0 spiro atoms. The molecule has 1 saturated heterocycles. The van der Waals surface area contributed by atoms with Crippen LogP contribution in [0.2, 0.25) is 0 Å². The lowest BCUT2D eigenvalue weighted by atomic mass is 10.2. The Morgan fingerprint density at radius 1 is 1.38 bits per heavy atom. The van der Waals surface area contributed by atoms with E-state index < -0.39 is 23.2 Å². The number of esters is 1. The molecule has 0 radical (unpaired) electrons. The van der Waals surface area contributed by atoms with Gasteiger partial charge >= 0.3 is 5.97 Å². The molecule has 1 atom stereocenters. The molecule has 7 heteroatoms. The van der Waals surface area contributed by atoms with Crippen molar-refractivity contribution in [2.75, 3.05) is 7.11 Å². The third-order valence-corrected chi connectivity index (χ3v) is 4.81. The van der Waals surface area contributed by atoms with Crippen molar-refractivity contribution in [2.45, 2.75) is 13.0 Å². The van der Waals surface area contributed by atoms with Crippen molar-refractivity contribution in [3.63, 3.8) is 0 Å². The van der Waals surface area contributed by atoms with Crippen molar-refractivity contribution in [2.24, 2.45) is 0 Å². The van der Waals surface area contributed by atoms with Gasteiger partial charge in [0.1, 0.15) is 6.04 Å². The van der Waals surface area contributed by atoms with Crippen molar-refractivity contribution in [3.05, 3.63) is 38.3 Å². The fourth-order valence-electron chi connectivity index (χ4n) is 1.82. The lowest BCUT2D eigenvalue weighted by Crippen LogP contribution is -2.42.